The Kier molecular flexibility index (Phi) is 4.39. The number of halogens is 2. The van der Waals surface area contributed by atoms with Gasteiger partial charge in [-0.15, -0.1) is 11.8 Å². The predicted molar refractivity (Wildman–Crippen MR) is 75.4 cm³/mol. The van der Waals surface area contributed by atoms with Crippen molar-refractivity contribution in [1.82, 2.24) is 4.98 Å². The van der Waals surface area contributed by atoms with Gasteiger partial charge in [-0.05, 0) is 36.6 Å². The zero-order valence-corrected chi connectivity index (χ0v) is 11.6. The first-order valence-electron chi connectivity index (χ1n) is 5.36. The van der Waals surface area contributed by atoms with Gasteiger partial charge in [-0.3, -0.25) is 4.79 Å². The summed E-state index contributed by atoms with van der Waals surface area (Å²) in [6.07, 6.45) is 2.93. The summed E-state index contributed by atoms with van der Waals surface area (Å²) in [7, 11) is 0. The fourth-order valence-corrected chi connectivity index (χ4v) is 2.05. The van der Waals surface area contributed by atoms with Gasteiger partial charge in [0.15, 0.2) is 0 Å². The van der Waals surface area contributed by atoms with Crippen LogP contribution in [0.2, 0.25) is 5.15 Å². The number of thioether (sulfide) groups is 1. The van der Waals surface area contributed by atoms with E-state index in [1.807, 2.05) is 18.4 Å². The fourth-order valence-electron chi connectivity index (χ4n) is 1.45. The molecular formula is C13H10ClFN2OS. The van der Waals surface area contributed by atoms with Gasteiger partial charge in [-0.25, -0.2) is 9.37 Å². The smallest absolute Gasteiger partial charge is 0.258 e. The monoisotopic (exact) mass is 296 g/mol. The minimum atomic E-state index is -0.604. The van der Waals surface area contributed by atoms with Crippen molar-refractivity contribution in [2.45, 2.75) is 4.90 Å². The molecule has 0 aliphatic heterocycles. The van der Waals surface area contributed by atoms with Crippen molar-refractivity contribution in [3.05, 3.63) is 53.1 Å². The highest BCUT2D eigenvalue weighted by Crippen LogP contribution is 2.19. The van der Waals surface area contributed by atoms with Crippen LogP contribution in [0, 0.1) is 5.82 Å². The lowest BCUT2D eigenvalue weighted by Gasteiger charge is -2.07. The Morgan fingerprint density at radius 1 is 1.37 bits per heavy atom. The zero-order valence-electron chi connectivity index (χ0n) is 9.98. The highest BCUT2D eigenvalue weighted by molar-refractivity contribution is 7.98. The Balaban J connectivity index is 2.18. The maximum atomic E-state index is 13.0. The maximum Gasteiger partial charge on any atom is 0.258 e. The molecule has 0 saturated heterocycles. The van der Waals surface area contributed by atoms with Gasteiger partial charge in [0.25, 0.3) is 5.91 Å². The van der Waals surface area contributed by atoms with Crippen molar-refractivity contribution >= 4 is 35.0 Å². The molecule has 19 heavy (non-hydrogen) atoms. The summed E-state index contributed by atoms with van der Waals surface area (Å²) < 4.78 is 13.0. The number of carbonyl (C=O) groups excluding carboxylic acids is 1. The summed E-state index contributed by atoms with van der Waals surface area (Å²) in [5.74, 6) is -1.10. The van der Waals surface area contributed by atoms with Gasteiger partial charge in [0, 0.05) is 10.6 Å². The largest absolute Gasteiger partial charge is 0.322 e. The van der Waals surface area contributed by atoms with E-state index in [4.69, 9.17) is 11.6 Å². The third-order valence-corrected chi connectivity index (χ3v) is 3.44. The van der Waals surface area contributed by atoms with Crippen LogP contribution in [0.3, 0.4) is 0 Å². The zero-order chi connectivity index (χ0) is 13.8. The lowest BCUT2D eigenvalue weighted by molar-refractivity contribution is 0.102. The Morgan fingerprint density at radius 2 is 2.05 bits per heavy atom. The molecule has 1 amide bonds. The Bertz CT molecular complexity index is 604. The van der Waals surface area contributed by atoms with E-state index in [0.29, 0.717) is 5.69 Å². The molecule has 1 aromatic carbocycles. The van der Waals surface area contributed by atoms with E-state index >= 15 is 0 Å². The third kappa shape index (κ3) is 3.45. The van der Waals surface area contributed by atoms with Crippen molar-refractivity contribution in [1.29, 1.82) is 0 Å². The maximum absolute atomic E-state index is 13.0. The molecule has 1 heterocycles. The van der Waals surface area contributed by atoms with Crippen molar-refractivity contribution in [2.24, 2.45) is 0 Å². The van der Waals surface area contributed by atoms with E-state index in [9.17, 15) is 9.18 Å². The van der Waals surface area contributed by atoms with Gasteiger partial charge in [0.1, 0.15) is 11.0 Å². The molecule has 0 bridgehead atoms. The van der Waals surface area contributed by atoms with Crippen molar-refractivity contribution in [3.63, 3.8) is 0 Å². The summed E-state index contributed by atoms with van der Waals surface area (Å²) in [5.41, 5.74) is 0.624. The highest BCUT2D eigenvalue weighted by Gasteiger charge is 2.12. The van der Waals surface area contributed by atoms with E-state index < -0.39 is 11.7 Å². The van der Waals surface area contributed by atoms with Crippen LogP contribution < -0.4 is 5.32 Å². The topological polar surface area (TPSA) is 42.0 Å². The Hall–Kier alpha value is -1.59. The number of anilines is 1. The molecule has 1 aromatic heterocycles. The Labute approximate surface area is 119 Å². The van der Waals surface area contributed by atoms with Gasteiger partial charge in [-0.1, -0.05) is 11.6 Å². The summed E-state index contributed by atoms with van der Waals surface area (Å²) in [5, 5.41) is 2.61. The molecule has 0 unspecified atom stereocenters. The van der Waals surface area contributed by atoms with Crippen LogP contribution in [0.15, 0.2) is 41.4 Å². The first-order valence-corrected chi connectivity index (χ1v) is 6.97. The number of aromatic nitrogens is 1. The molecule has 0 fully saturated rings. The van der Waals surface area contributed by atoms with E-state index in [2.05, 4.69) is 10.3 Å². The fraction of sp³-hybridized carbons (Fsp3) is 0.0769. The standard InChI is InChI=1S/C13H10ClFN2OS/c1-19-10-4-2-9(3-5-10)17-13(18)11-6-8(15)7-16-12(11)14/h2-7H,1H3,(H,17,18). The number of rotatable bonds is 3. The molecule has 6 heteroatoms. The summed E-state index contributed by atoms with van der Waals surface area (Å²) >= 11 is 7.37. The number of pyridine rings is 1. The van der Waals surface area contributed by atoms with E-state index in [1.54, 1.807) is 23.9 Å². The lowest BCUT2D eigenvalue weighted by Crippen LogP contribution is -2.13. The van der Waals surface area contributed by atoms with Crippen LogP contribution in [0.25, 0.3) is 0 Å². The van der Waals surface area contributed by atoms with Gasteiger partial charge >= 0.3 is 0 Å². The molecule has 1 N–H and O–H groups in total. The normalized spacial score (nSPS) is 10.3. The van der Waals surface area contributed by atoms with Crippen LogP contribution in [-0.4, -0.2) is 17.1 Å². The number of nitrogens with one attached hydrogen (secondary N) is 1. The number of carbonyl (C=O) groups is 1. The second-order valence-corrected chi connectivity index (χ2v) is 4.91. The number of nitrogens with zero attached hydrogens (tertiary/aromatic N) is 1. The van der Waals surface area contributed by atoms with Crippen LogP contribution in [-0.2, 0) is 0 Å². The van der Waals surface area contributed by atoms with Crippen molar-refractivity contribution < 1.29 is 9.18 Å². The number of amides is 1. The van der Waals surface area contributed by atoms with Gasteiger partial charge in [0.2, 0.25) is 0 Å². The average Bonchev–Trinajstić information content (AvgIpc) is 2.42. The van der Waals surface area contributed by atoms with Gasteiger partial charge < -0.3 is 5.32 Å². The van der Waals surface area contributed by atoms with Crippen molar-refractivity contribution in [2.75, 3.05) is 11.6 Å². The second-order valence-electron chi connectivity index (χ2n) is 3.67. The van der Waals surface area contributed by atoms with Crippen molar-refractivity contribution in [3.8, 4) is 0 Å². The second kappa shape index (κ2) is 6.04. The van der Waals surface area contributed by atoms with Gasteiger partial charge in [0.05, 0.1) is 11.8 Å². The molecule has 0 saturated carbocycles. The summed E-state index contributed by atoms with van der Waals surface area (Å²) in [6, 6.07) is 8.35. The SMILES string of the molecule is CSc1ccc(NC(=O)c2cc(F)cnc2Cl)cc1. The molecule has 0 atom stereocenters. The molecule has 2 aromatic rings. The number of benzene rings is 1. The first kappa shape index (κ1) is 13.8. The number of hydrogen-bond acceptors (Lipinski definition) is 3. The molecule has 98 valence electrons. The molecule has 0 aliphatic carbocycles. The quantitative estimate of drug-likeness (QED) is 0.691. The molecule has 3 nitrogen and oxygen atoms in total. The molecular weight excluding hydrogens is 287 g/mol. The minimum Gasteiger partial charge on any atom is -0.322 e. The van der Waals surface area contributed by atoms with E-state index in [0.717, 1.165) is 17.2 Å². The van der Waals surface area contributed by atoms with Gasteiger partial charge in [-0.2, -0.15) is 0 Å². The molecule has 0 radical (unpaired) electrons. The molecule has 0 aliphatic rings. The van der Waals surface area contributed by atoms with E-state index in [1.165, 1.54) is 0 Å². The van der Waals surface area contributed by atoms with Crippen LogP contribution in [0.5, 0.6) is 0 Å². The third-order valence-electron chi connectivity index (χ3n) is 2.40. The van der Waals surface area contributed by atoms with Crippen LogP contribution in [0.1, 0.15) is 10.4 Å². The first-order chi connectivity index (χ1) is 9.10. The molecule has 0 spiro atoms. The summed E-state index contributed by atoms with van der Waals surface area (Å²) in [4.78, 5) is 16.6. The minimum absolute atomic E-state index is 0.00982. The highest BCUT2D eigenvalue weighted by atomic mass is 35.5. The van der Waals surface area contributed by atoms with E-state index in [-0.39, 0.29) is 10.7 Å². The lowest BCUT2D eigenvalue weighted by atomic mass is 10.2. The average molecular weight is 297 g/mol. The van der Waals surface area contributed by atoms with Crippen LogP contribution >= 0.6 is 23.4 Å². The van der Waals surface area contributed by atoms with Crippen LogP contribution in [0.4, 0.5) is 10.1 Å². The predicted octanol–water partition coefficient (Wildman–Crippen LogP) is 3.85. The summed E-state index contributed by atoms with van der Waals surface area (Å²) in [6.45, 7) is 0. The molecule has 2 rings (SSSR count). The number of hydrogen-bond donors (Lipinski definition) is 1. The Morgan fingerprint density at radius 3 is 2.68 bits per heavy atom.